The number of hydrogen-bond donors (Lipinski definition) is 1. The molecule has 1 aliphatic rings. The fourth-order valence-electron chi connectivity index (χ4n) is 1.02. The summed E-state index contributed by atoms with van der Waals surface area (Å²) in [6.45, 7) is 12.4. The van der Waals surface area contributed by atoms with Gasteiger partial charge in [0.05, 0.1) is 19.0 Å². The van der Waals surface area contributed by atoms with Crippen LogP contribution in [0.1, 0.15) is 27.2 Å². The maximum atomic E-state index is 11.2. The molecule has 1 saturated heterocycles. The molecule has 0 saturated carbocycles. The molecule has 1 rings (SSSR count). The first-order chi connectivity index (χ1) is 8.79. The second kappa shape index (κ2) is 8.26. The Morgan fingerprint density at radius 1 is 1.42 bits per heavy atom. The van der Waals surface area contributed by atoms with E-state index in [0.717, 1.165) is 24.9 Å². The lowest BCUT2D eigenvalue weighted by Crippen LogP contribution is -2.04. The van der Waals surface area contributed by atoms with E-state index >= 15 is 0 Å². The van der Waals surface area contributed by atoms with Crippen molar-refractivity contribution in [1.29, 1.82) is 0 Å². The summed E-state index contributed by atoms with van der Waals surface area (Å²) in [5.74, 6) is -1.26. The van der Waals surface area contributed by atoms with Gasteiger partial charge in [0, 0.05) is 11.1 Å². The van der Waals surface area contributed by atoms with Gasteiger partial charge in [0.2, 0.25) is 0 Å². The fraction of sp³-hybridized carbons (Fsp3) is 0.429. The van der Waals surface area contributed by atoms with Crippen molar-refractivity contribution in [2.45, 2.75) is 33.3 Å². The standard InChI is InChI=1S/C10H14O3.C4H6O2/c1-4-12-10(11)8(3)7(2)5-9-6-13-9;1-3(2)4(5)6/h4,9H,1,5-6H2,2-3H3;1H2,2H3,(H,5,6). The van der Waals surface area contributed by atoms with Gasteiger partial charge < -0.3 is 14.6 Å². The van der Waals surface area contributed by atoms with Gasteiger partial charge in [0.25, 0.3) is 0 Å². The Hall–Kier alpha value is -1.88. The summed E-state index contributed by atoms with van der Waals surface area (Å²) in [4.78, 5) is 20.8. The third-order valence-electron chi connectivity index (χ3n) is 2.44. The van der Waals surface area contributed by atoms with E-state index in [-0.39, 0.29) is 11.5 Å². The molecule has 1 heterocycles. The third-order valence-corrected chi connectivity index (χ3v) is 2.44. The molecule has 106 valence electrons. The molecule has 0 bridgehead atoms. The van der Waals surface area contributed by atoms with Crippen LogP contribution in [0.3, 0.4) is 0 Å². The molecule has 1 unspecified atom stereocenters. The number of carboxylic acids is 1. The summed E-state index contributed by atoms with van der Waals surface area (Å²) < 4.78 is 9.72. The summed E-state index contributed by atoms with van der Waals surface area (Å²) >= 11 is 0. The molecule has 0 radical (unpaired) electrons. The van der Waals surface area contributed by atoms with Gasteiger partial charge in [-0.15, -0.1) is 0 Å². The van der Waals surface area contributed by atoms with Crippen LogP contribution in [0.5, 0.6) is 0 Å². The molecule has 0 aromatic carbocycles. The Bertz CT molecular complexity index is 390. The van der Waals surface area contributed by atoms with E-state index in [2.05, 4.69) is 17.9 Å². The molecule has 1 fully saturated rings. The van der Waals surface area contributed by atoms with Crippen molar-refractivity contribution < 1.29 is 24.2 Å². The number of carboxylic acid groups (broad SMARTS) is 1. The van der Waals surface area contributed by atoms with Crippen LogP contribution in [-0.2, 0) is 19.1 Å². The van der Waals surface area contributed by atoms with Crippen molar-refractivity contribution >= 4 is 11.9 Å². The van der Waals surface area contributed by atoms with Crippen LogP contribution in [-0.4, -0.2) is 29.8 Å². The van der Waals surface area contributed by atoms with E-state index in [4.69, 9.17) is 9.84 Å². The molecule has 0 amide bonds. The van der Waals surface area contributed by atoms with E-state index in [1.54, 1.807) is 6.92 Å². The molecular weight excluding hydrogens is 248 g/mol. The first kappa shape index (κ1) is 17.1. The van der Waals surface area contributed by atoms with Gasteiger partial charge in [-0.1, -0.05) is 18.7 Å². The van der Waals surface area contributed by atoms with Crippen molar-refractivity contribution in [2.24, 2.45) is 0 Å². The highest BCUT2D eigenvalue weighted by Gasteiger charge is 2.23. The summed E-state index contributed by atoms with van der Waals surface area (Å²) in [6, 6.07) is 0. The Balaban J connectivity index is 0.000000459. The fourth-order valence-corrected chi connectivity index (χ4v) is 1.02. The molecule has 1 N–H and O–H groups in total. The predicted molar refractivity (Wildman–Crippen MR) is 71.5 cm³/mol. The van der Waals surface area contributed by atoms with Crippen LogP contribution in [0.15, 0.2) is 36.1 Å². The quantitative estimate of drug-likeness (QED) is 0.359. The Kier molecular flexibility index (Phi) is 7.44. The van der Waals surface area contributed by atoms with Gasteiger partial charge in [-0.3, -0.25) is 0 Å². The van der Waals surface area contributed by atoms with Crippen molar-refractivity contribution in [2.75, 3.05) is 6.61 Å². The largest absolute Gasteiger partial charge is 0.478 e. The highest BCUT2D eigenvalue weighted by molar-refractivity contribution is 5.89. The van der Waals surface area contributed by atoms with Crippen LogP contribution in [0.4, 0.5) is 0 Å². The lowest BCUT2D eigenvalue weighted by atomic mass is 10.1. The van der Waals surface area contributed by atoms with Gasteiger partial charge in [-0.2, -0.15) is 0 Å². The number of rotatable bonds is 5. The van der Waals surface area contributed by atoms with Gasteiger partial charge in [0.15, 0.2) is 0 Å². The highest BCUT2D eigenvalue weighted by atomic mass is 16.6. The van der Waals surface area contributed by atoms with Gasteiger partial charge in [0.1, 0.15) is 0 Å². The topological polar surface area (TPSA) is 76.1 Å². The van der Waals surface area contributed by atoms with E-state index in [1.165, 1.54) is 6.92 Å². The number of aliphatic carboxylic acids is 1. The predicted octanol–water partition coefficient (Wildman–Crippen LogP) is 2.45. The first-order valence-corrected chi connectivity index (χ1v) is 5.78. The zero-order valence-corrected chi connectivity index (χ0v) is 11.6. The van der Waals surface area contributed by atoms with Crippen molar-refractivity contribution in [3.05, 3.63) is 36.1 Å². The van der Waals surface area contributed by atoms with Crippen molar-refractivity contribution in [1.82, 2.24) is 0 Å². The Morgan fingerprint density at radius 2 is 1.89 bits per heavy atom. The minimum absolute atomic E-state index is 0.176. The van der Waals surface area contributed by atoms with E-state index in [0.29, 0.717) is 11.7 Å². The maximum absolute atomic E-state index is 11.2. The summed E-state index contributed by atoms with van der Waals surface area (Å²) in [5, 5.41) is 7.89. The average Bonchev–Trinajstić information content (AvgIpc) is 3.12. The van der Waals surface area contributed by atoms with E-state index in [9.17, 15) is 9.59 Å². The van der Waals surface area contributed by atoms with Gasteiger partial charge in [-0.05, 0) is 27.2 Å². The zero-order chi connectivity index (χ0) is 15.0. The summed E-state index contributed by atoms with van der Waals surface area (Å²) in [5.41, 5.74) is 1.85. The average molecular weight is 268 g/mol. The number of hydrogen-bond acceptors (Lipinski definition) is 4. The molecule has 0 aromatic rings. The number of esters is 1. The molecule has 0 spiro atoms. The molecule has 5 heteroatoms. The van der Waals surface area contributed by atoms with Crippen LogP contribution >= 0.6 is 0 Å². The molecule has 0 aromatic heterocycles. The SMILES string of the molecule is C=C(C)C(=O)O.C=COC(=O)C(C)=C(C)CC1CO1. The molecular formula is C14H20O5. The minimum Gasteiger partial charge on any atom is -0.478 e. The molecule has 0 aliphatic carbocycles. The van der Waals surface area contributed by atoms with Gasteiger partial charge in [-0.25, -0.2) is 9.59 Å². The van der Waals surface area contributed by atoms with Crippen LogP contribution < -0.4 is 0 Å². The normalized spacial score (nSPS) is 17.3. The van der Waals surface area contributed by atoms with Crippen LogP contribution in [0, 0.1) is 0 Å². The molecule has 1 aliphatic heterocycles. The van der Waals surface area contributed by atoms with E-state index in [1.807, 2.05) is 6.92 Å². The number of carbonyl (C=O) groups excluding carboxylic acids is 1. The lowest BCUT2D eigenvalue weighted by Gasteiger charge is -2.03. The summed E-state index contributed by atoms with van der Waals surface area (Å²) in [7, 11) is 0. The first-order valence-electron chi connectivity index (χ1n) is 5.78. The minimum atomic E-state index is -0.935. The molecule has 1 atom stereocenters. The summed E-state index contributed by atoms with van der Waals surface area (Å²) in [6.07, 6.45) is 2.27. The second-order valence-electron chi connectivity index (χ2n) is 4.22. The van der Waals surface area contributed by atoms with Crippen molar-refractivity contribution in [3.63, 3.8) is 0 Å². The molecule has 5 nitrogen and oxygen atoms in total. The monoisotopic (exact) mass is 268 g/mol. The Morgan fingerprint density at radius 3 is 2.21 bits per heavy atom. The zero-order valence-electron chi connectivity index (χ0n) is 11.6. The number of ether oxygens (including phenoxy) is 2. The van der Waals surface area contributed by atoms with E-state index < -0.39 is 5.97 Å². The third kappa shape index (κ3) is 7.94. The van der Waals surface area contributed by atoms with Crippen LogP contribution in [0.25, 0.3) is 0 Å². The lowest BCUT2D eigenvalue weighted by molar-refractivity contribution is -0.134. The number of epoxide rings is 1. The number of carbonyl (C=O) groups is 2. The smallest absolute Gasteiger partial charge is 0.338 e. The van der Waals surface area contributed by atoms with Gasteiger partial charge >= 0.3 is 11.9 Å². The second-order valence-corrected chi connectivity index (χ2v) is 4.22. The maximum Gasteiger partial charge on any atom is 0.338 e. The Labute approximate surface area is 113 Å². The highest BCUT2D eigenvalue weighted by Crippen LogP contribution is 2.21. The van der Waals surface area contributed by atoms with Crippen LogP contribution in [0.2, 0.25) is 0 Å². The molecule has 19 heavy (non-hydrogen) atoms. The van der Waals surface area contributed by atoms with Crippen molar-refractivity contribution in [3.8, 4) is 0 Å².